The maximum absolute atomic E-state index is 11.8. The van der Waals surface area contributed by atoms with E-state index in [0.29, 0.717) is 12.4 Å². The Morgan fingerprint density at radius 1 is 1.33 bits per heavy atom. The summed E-state index contributed by atoms with van der Waals surface area (Å²) in [5.74, 6) is 0.542. The Balaban J connectivity index is 2.00. The molecule has 2 heterocycles. The van der Waals surface area contributed by atoms with E-state index in [1.54, 1.807) is 6.26 Å². The van der Waals surface area contributed by atoms with E-state index in [1.165, 1.54) is 6.07 Å². The monoisotopic (exact) mass is 283 g/mol. The number of furan rings is 1. The topological polar surface area (TPSA) is 70.9 Å². The summed E-state index contributed by atoms with van der Waals surface area (Å²) in [6.07, 6.45) is 2.68. The van der Waals surface area contributed by atoms with Gasteiger partial charge in [0.1, 0.15) is 17.7 Å². The van der Waals surface area contributed by atoms with Crippen LogP contribution in [0.15, 0.2) is 45.8 Å². The van der Waals surface area contributed by atoms with Crippen molar-refractivity contribution >= 4 is 11.0 Å². The number of para-hydroxylation sites is 1. The summed E-state index contributed by atoms with van der Waals surface area (Å²) in [5.41, 5.74) is 2.16. The minimum Gasteiger partial charge on any atom is -0.464 e. The summed E-state index contributed by atoms with van der Waals surface area (Å²) in [5, 5.41) is 4.19. The molecule has 0 fully saturated rings. The number of aromatic amines is 1. The van der Waals surface area contributed by atoms with Crippen molar-refractivity contribution in [2.24, 2.45) is 0 Å². The molecular formula is C16H17N3O2. The van der Waals surface area contributed by atoms with Gasteiger partial charge in [-0.2, -0.15) is 0 Å². The van der Waals surface area contributed by atoms with E-state index in [2.05, 4.69) is 22.2 Å². The number of nitrogens with one attached hydrogen (secondary N) is 2. The van der Waals surface area contributed by atoms with Crippen LogP contribution in [0.2, 0.25) is 0 Å². The van der Waals surface area contributed by atoms with Crippen molar-refractivity contribution in [1.29, 1.82) is 0 Å². The smallest absolute Gasteiger partial charge is 0.251 e. The van der Waals surface area contributed by atoms with Gasteiger partial charge in [-0.15, -0.1) is 0 Å². The van der Waals surface area contributed by atoms with E-state index >= 15 is 0 Å². The second-order valence-electron chi connectivity index (χ2n) is 4.91. The normalized spacial score (nSPS) is 11.1. The van der Waals surface area contributed by atoms with Crippen molar-refractivity contribution in [2.45, 2.75) is 19.9 Å². The highest BCUT2D eigenvalue weighted by Gasteiger charge is 2.10. The lowest BCUT2D eigenvalue weighted by Crippen LogP contribution is -2.18. The van der Waals surface area contributed by atoms with Crippen LogP contribution in [0, 0.1) is 0 Å². The molecule has 108 valence electrons. The number of hydrogen-bond acceptors (Lipinski definition) is 4. The first-order chi connectivity index (χ1) is 10.3. The average Bonchev–Trinajstić information content (AvgIpc) is 2.91. The third-order valence-corrected chi connectivity index (χ3v) is 3.26. The molecule has 0 spiro atoms. The van der Waals surface area contributed by atoms with Gasteiger partial charge < -0.3 is 14.7 Å². The summed E-state index contributed by atoms with van der Waals surface area (Å²) >= 11 is 0. The van der Waals surface area contributed by atoms with Crippen molar-refractivity contribution in [3.05, 3.63) is 52.6 Å². The van der Waals surface area contributed by atoms with Crippen molar-refractivity contribution in [3.8, 4) is 11.4 Å². The first-order valence-corrected chi connectivity index (χ1v) is 7.05. The summed E-state index contributed by atoms with van der Waals surface area (Å²) in [7, 11) is 0. The maximum Gasteiger partial charge on any atom is 0.251 e. The largest absolute Gasteiger partial charge is 0.464 e. The summed E-state index contributed by atoms with van der Waals surface area (Å²) in [6.45, 7) is 3.58. The number of hydrogen-bond donors (Lipinski definition) is 2. The molecule has 0 bridgehead atoms. The van der Waals surface area contributed by atoms with Gasteiger partial charge in [0.25, 0.3) is 5.56 Å². The molecule has 0 aliphatic rings. The Morgan fingerprint density at radius 3 is 3.05 bits per heavy atom. The highest BCUT2D eigenvalue weighted by atomic mass is 16.3. The Kier molecular flexibility index (Phi) is 3.83. The molecule has 0 amide bonds. The maximum atomic E-state index is 11.8. The van der Waals surface area contributed by atoms with E-state index in [0.717, 1.165) is 35.2 Å². The van der Waals surface area contributed by atoms with Crippen molar-refractivity contribution < 1.29 is 4.42 Å². The standard InChI is InChI=1S/C16H17N3O2/c1-2-7-17-9-11-8-15(20)19-16(18-11)13-10-21-14-6-4-3-5-12(13)14/h3-6,8,10,17H,2,7,9H2,1H3,(H,18,19,20). The molecule has 1 aromatic carbocycles. The minimum atomic E-state index is -0.154. The zero-order chi connectivity index (χ0) is 14.7. The molecule has 3 aromatic rings. The minimum absolute atomic E-state index is 0.154. The van der Waals surface area contributed by atoms with Crippen LogP contribution < -0.4 is 10.9 Å². The van der Waals surface area contributed by atoms with Gasteiger partial charge >= 0.3 is 0 Å². The predicted octanol–water partition coefficient (Wildman–Crippen LogP) is 2.68. The third-order valence-electron chi connectivity index (χ3n) is 3.26. The fourth-order valence-electron chi connectivity index (χ4n) is 2.28. The van der Waals surface area contributed by atoms with Crippen LogP contribution in [0.25, 0.3) is 22.4 Å². The molecule has 0 unspecified atom stereocenters. The lowest BCUT2D eigenvalue weighted by Gasteiger charge is -2.04. The molecule has 3 rings (SSSR count). The second kappa shape index (κ2) is 5.93. The summed E-state index contributed by atoms with van der Waals surface area (Å²) in [4.78, 5) is 19.1. The third kappa shape index (κ3) is 2.87. The second-order valence-corrected chi connectivity index (χ2v) is 4.91. The summed E-state index contributed by atoms with van der Waals surface area (Å²) in [6, 6.07) is 9.22. The molecule has 5 heteroatoms. The molecule has 0 saturated heterocycles. The van der Waals surface area contributed by atoms with Crippen molar-refractivity contribution in [3.63, 3.8) is 0 Å². The Hall–Kier alpha value is -2.40. The van der Waals surface area contributed by atoms with E-state index in [4.69, 9.17) is 4.42 Å². The van der Waals surface area contributed by atoms with Crippen LogP contribution in [-0.2, 0) is 6.54 Å². The van der Waals surface area contributed by atoms with Crippen molar-refractivity contribution in [2.75, 3.05) is 6.54 Å². The molecule has 21 heavy (non-hydrogen) atoms. The van der Waals surface area contributed by atoms with Crippen LogP contribution in [0.3, 0.4) is 0 Å². The van der Waals surface area contributed by atoms with Gasteiger partial charge in [-0.1, -0.05) is 25.1 Å². The van der Waals surface area contributed by atoms with Gasteiger partial charge in [0.05, 0.1) is 11.3 Å². The lowest BCUT2D eigenvalue weighted by atomic mass is 10.1. The van der Waals surface area contributed by atoms with Gasteiger partial charge in [0.15, 0.2) is 0 Å². The average molecular weight is 283 g/mol. The quantitative estimate of drug-likeness (QED) is 0.706. The Labute approximate surface area is 122 Å². The van der Waals surface area contributed by atoms with E-state index in [1.807, 2.05) is 24.3 Å². The van der Waals surface area contributed by atoms with E-state index in [-0.39, 0.29) is 5.56 Å². The molecule has 5 nitrogen and oxygen atoms in total. The fraction of sp³-hybridized carbons (Fsp3) is 0.250. The zero-order valence-corrected chi connectivity index (χ0v) is 11.8. The van der Waals surface area contributed by atoms with Crippen LogP contribution in [0.4, 0.5) is 0 Å². The van der Waals surface area contributed by atoms with Crippen LogP contribution >= 0.6 is 0 Å². The van der Waals surface area contributed by atoms with Crippen LogP contribution in [-0.4, -0.2) is 16.5 Å². The fourth-order valence-corrected chi connectivity index (χ4v) is 2.28. The van der Waals surface area contributed by atoms with Gasteiger partial charge in [-0.3, -0.25) is 4.79 Å². The molecule has 2 N–H and O–H groups in total. The van der Waals surface area contributed by atoms with Crippen molar-refractivity contribution in [1.82, 2.24) is 15.3 Å². The Morgan fingerprint density at radius 2 is 2.19 bits per heavy atom. The molecule has 0 radical (unpaired) electrons. The first kappa shape index (κ1) is 13.6. The lowest BCUT2D eigenvalue weighted by molar-refractivity contribution is 0.616. The number of nitrogens with zero attached hydrogens (tertiary/aromatic N) is 1. The highest BCUT2D eigenvalue weighted by Crippen LogP contribution is 2.27. The van der Waals surface area contributed by atoms with Gasteiger partial charge in [-0.05, 0) is 19.0 Å². The highest BCUT2D eigenvalue weighted by molar-refractivity contribution is 5.91. The molecule has 0 saturated carbocycles. The number of H-pyrrole nitrogens is 1. The SMILES string of the molecule is CCCNCc1cc(=O)[nH]c(-c2coc3ccccc23)n1. The van der Waals surface area contributed by atoms with Gasteiger partial charge in [0, 0.05) is 18.0 Å². The van der Waals surface area contributed by atoms with Crippen LogP contribution in [0.5, 0.6) is 0 Å². The van der Waals surface area contributed by atoms with Gasteiger partial charge in [0.2, 0.25) is 0 Å². The van der Waals surface area contributed by atoms with E-state index in [9.17, 15) is 4.79 Å². The molecular weight excluding hydrogens is 266 g/mol. The first-order valence-electron chi connectivity index (χ1n) is 7.05. The summed E-state index contributed by atoms with van der Waals surface area (Å²) < 4.78 is 5.50. The van der Waals surface area contributed by atoms with Gasteiger partial charge in [-0.25, -0.2) is 4.98 Å². The molecule has 2 aromatic heterocycles. The molecule has 0 aliphatic carbocycles. The molecule has 0 atom stereocenters. The van der Waals surface area contributed by atoms with Crippen LogP contribution in [0.1, 0.15) is 19.0 Å². The number of rotatable bonds is 5. The number of fused-ring (bicyclic) bond motifs is 1. The number of benzene rings is 1. The number of aromatic nitrogens is 2. The zero-order valence-electron chi connectivity index (χ0n) is 11.8. The van der Waals surface area contributed by atoms with E-state index < -0.39 is 0 Å². The Bertz CT molecular complexity index is 804. The molecule has 0 aliphatic heterocycles. The predicted molar refractivity (Wildman–Crippen MR) is 82.1 cm³/mol.